The van der Waals surface area contributed by atoms with E-state index in [0.717, 1.165) is 11.1 Å². The minimum Gasteiger partial charge on any atom is -0.267 e. The molecular weight excluding hydrogens is 346 g/mol. The normalized spacial score (nSPS) is 11.3. The third-order valence-electron chi connectivity index (χ3n) is 3.96. The van der Waals surface area contributed by atoms with Gasteiger partial charge in [0.25, 0.3) is 5.56 Å². The number of benzene rings is 3. The van der Waals surface area contributed by atoms with Gasteiger partial charge in [0.1, 0.15) is 0 Å². The van der Waals surface area contributed by atoms with Crippen LogP contribution in [0.1, 0.15) is 5.56 Å². The highest BCUT2D eigenvalue weighted by Crippen LogP contribution is 2.18. The van der Waals surface area contributed by atoms with Crippen molar-refractivity contribution >= 4 is 28.7 Å². The summed E-state index contributed by atoms with van der Waals surface area (Å²) < 4.78 is 1.33. The van der Waals surface area contributed by atoms with E-state index in [1.165, 1.54) is 4.68 Å². The number of para-hydroxylation sites is 1. The largest absolute Gasteiger partial charge is 0.282 e. The third kappa shape index (κ3) is 3.15. The molecule has 0 spiro atoms. The molecule has 26 heavy (non-hydrogen) atoms. The molecule has 0 aliphatic rings. The van der Waals surface area contributed by atoms with Gasteiger partial charge in [-0.25, -0.2) is 4.98 Å². The summed E-state index contributed by atoms with van der Waals surface area (Å²) in [6, 6.07) is 24.1. The second kappa shape index (κ2) is 6.94. The van der Waals surface area contributed by atoms with Crippen LogP contribution in [0, 0.1) is 0 Å². The summed E-state index contributed by atoms with van der Waals surface area (Å²) in [7, 11) is 0. The van der Waals surface area contributed by atoms with Crippen LogP contribution < -0.4 is 5.56 Å². The Bertz CT molecular complexity index is 1170. The zero-order valence-electron chi connectivity index (χ0n) is 13.7. The summed E-state index contributed by atoms with van der Waals surface area (Å²) >= 11 is 6.02. The van der Waals surface area contributed by atoms with E-state index in [0.29, 0.717) is 21.7 Å². The van der Waals surface area contributed by atoms with Crippen molar-refractivity contribution in [2.45, 2.75) is 0 Å². The van der Waals surface area contributed by atoms with Gasteiger partial charge in [-0.2, -0.15) is 9.78 Å². The van der Waals surface area contributed by atoms with Gasteiger partial charge in [-0.1, -0.05) is 66.2 Å². The number of aromatic nitrogens is 2. The van der Waals surface area contributed by atoms with Crippen molar-refractivity contribution in [2.75, 3.05) is 0 Å². The third-order valence-corrected chi connectivity index (χ3v) is 4.19. The Labute approximate surface area is 155 Å². The summed E-state index contributed by atoms with van der Waals surface area (Å²) in [5, 5.41) is 5.54. The lowest BCUT2D eigenvalue weighted by molar-refractivity contribution is 0.830. The van der Waals surface area contributed by atoms with Crippen molar-refractivity contribution in [1.29, 1.82) is 0 Å². The zero-order chi connectivity index (χ0) is 17.9. The maximum Gasteiger partial charge on any atom is 0.282 e. The van der Waals surface area contributed by atoms with E-state index >= 15 is 0 Å². The maximum absolute atomic E-state index is 13.0. The molecule has 0 fully saturated rings. The number of halogens is 1. The van der Waals surface area contributed by atoms with Crippen LogP contribution in [0.3, 0.4) is 0 Å². The van der Waals surface area contributed by atoms with Crippen LogP contribution in [-0.4, -0.2) is 15.9 Å². The fourth-order valence-corrected chi connectivity index (χ4v) is 2.91. The van der Waals surface area contributed by atoms with Crippen molar-refractivity contribution in [1.82, 2.24) is 9.66 Å². The maximum atomic E-state index is 13.0. The molecule has 1 aromatic heterocycles. The van der Waals surface area contributed by atoms with Crippen LogP contribution in [0.4, 0.5) is 0 Å². The fraction of sp³-hybridized carbons (Fsp3) is 0. The molecule has 0 aliphatic heterocycles. The SMILES string of the molecule is O=c1c2ccccc2nc(-c2ccccc2)n1N=Cc1cccc(Cl)c1. The molecule has 5 heteroatoms. The molecule has 3 aromatic carbocycles. The van der Waals surface area contributed by atoms with Gasteiger partial charge in [-0.05, 0) is 29.8 Å². The molecule has 0 N–H and O–H groups in total. The van der Waals surface area contributed by atoms with E-state index in [-0.39, 0.29) is 5.56 Å². The Hall–Kier alpha value is -3.24. The van der Waals surface area contributed by atoms with Crippen molar-refractivity contribution in [2.24, 2.45) is 5.10 Å². The Kier molecular flexibility index (Phi) is 4.33. The lowest BCUT2D eigenvalue weighted by atomic mass is 10.2. The first-order valence-electron chi connectivity index (χ1n) is 8.09. The molecule has 0 radical (unpaired) electrons. The van der Waals surface area contributed by atoms with E-state index in [9.17, 15) is 4.79 Å². The topological polar surface area (TPSA) is 47.2 Å². The molecule has 0 saturated carbocycles. The molecular formula is C21H14ClN3O. The molecule has 126 valence electrons. The summed E-state index contributed by atoms with van der Waals surface area (Å²) in [4.78, 5) is 17.7. The summed E-state index contributed by atoms with van der Waals surface area (Å²) in [5.41, 5.74) is 2.05. The standard InChI is InChI=1S/C21H14ClN3O/c22-17-10-6-7-15(13-17)14-23-25-20(16-8-2-1-3-9-16)24-19-12-5-4-11-18(19)21(25)26/h1-14H. The van der Waals surface area contributed by atoms with E-state index in [2.05, 4.69) is 10.1 Å². The van der Waals surface area contributed by atoms with E-state index in [1.807, 2.05) is 60.7 Å². The number of rotatable bonds is 3. The molecule has 0 bridgehead atoms. The monoisotopic (exact) mass is 359 g/mol. The van der Waals surface area contributed by atoms with Gasteiger partial charge < -0.3 is 0 Å². The Morgan fingerprint density at radius 1 is 0.923 bits per heavy atom. The molecule has 4 aromatic rings. The average Bonchev–Trinajstić information content (AvgIpc) is 2.68. The minimum absolute atomic E-state index is 0.215. The summed E-state index contributed by atoms with van der Waals surface area (Å²) in [6.45, 7) is 0. The summed E-state index contributed by atoms with van der Waals surface area (Å²) in [5.74, 6) is 0.493. The number of hydrogen-bond acceptors (Lipinski definition) is 3. The van der Waals surface area contributed by atoms with Gasteiger partial charge in [0.15, 0.2) is 5.82 Å². The molecule has 0 saturated heterocycles. The molecule has 0 atom stereocenters. The Morgan fingerprint density at radius 3 is 2.50 bits per heavy atom. The summed E-state index contributed by atoms with van der Waals surface area (Å²) in [6.07, 6.45) is 1.61. The fourth-order valence-electron chi connectivity index (χ4n) is 2.72. The van der Waals surface area contributed by atoms with E-state index < -0.39 is 0 Å². The van der Waals surface area contributed by atoms with Gasteiger partial charge in [-0.3, -0.25) is 4.79 Å². The molecule has 4 rings (SSSR count). The number of nitrogens with zero attached hydrogens (tertiary/aromatic N) is 3. The van der Waals surface area contributed by atoms with Crippen LogP contribution in [0.15, 0.2) is 88.8 Å². The van der Waals surface area contributed by atoms with Gasteiger partial charge in [0.2, 0.25) is 0 Å². The van der Waals surface area contributed by atoms with Gasteiger partial charge >= 0.3 is 0 Å². The lowest BCUT2D eigenvalue weighted by Gasteiger charge is -2.09. The van der Waals surface area contributed by atoms with Gasteiger partial charge in [-0.15, -0.1) is 0 Å². The van der Waals surface area contributed by atoms with Crippen LogP contribution in [0.25, 0.3) is 22.3 Å². The number of hydrogen-bond donors (Lipinski definition) is 0. The highest BCUT2D eigenvalue weighted by molar-refractivity contribution is 6.30. The first-order valence-corrected chi connectivity index (χ1v) is 8.47. The minimum atomic E-state index is -0.215. The average molecular weight is 360 g/mol. The first kappa shape index (κ1) is 16.2. The predicted octanol–water partition coefficient (Wildman–Crippen LogP) is 4.60. The van der Waals surface area contributed by atoms with Crippen molar-refractivity contribution < 1.29 is 0 Å². The van der Waals surface area contributed by atoms with Crippen LogP contribution in [-0.2, 0) is 0 Å². The van der Waals surface area contributed by atoms with Crippen molar-refractivity contribution in [3.63, 3.8) is 0 Å². The zero-order valence-corrected chi connectivity index (χ0v) is 14.5. The first-order chi connectivity index (χ1) is 12.7. The van der Waals surface area contributed by atoms with Gasteiger partial charge in [0, 0.05) is 10.6 Å². The second-order valence-electron chi connectivity index (χ2n) is 5.74. The van der Waals surface area contributed by atoms with E-state index in [4.69, 9.17) is 11.6 Å². The highest BCUT2D eigenvalue weighted by Gasteiger charge is 2.11. The molecule has 4 nitrogen and oxygen atoms in total. The van der Waals surface area contributed by atoms with E-state index in [1.54, 1.807) is 24.4 Å². The smallest absolute Gasteiger partial charge is 0.267 e. The quantitative estimate of drug-likeness (QED) is 0.502. The molecule has 0 amide bonds. The Balaban J connectivity index is 1.94. The van der Waals surface area contributed by atoms with Crippen LogP contribution in [0.2, 0.25) is 5.02 Å². The molecule has 0 unspecified atom stereocenters. The molecule has 1 heterocycles. The highest BCUT2D eigenvalue weighted by atomic mass is 35.5. The van der Waals surface area contributed by atoms with Crippen LogP contribution >= 0.6 is 11.6 Å². The Morgan fingerprint density at radius 2 is 1.69 bits per heavy atom. The second-order valence-corrected chi connectivity index (χ2v) is 6.17. The van der Waals surface area contributed by atoms with Crippen molar-refractivity contribution in [3.05, 3.63) is 99.8 Å². The molecule has 0 aliphatic carbocycles. The van der Waals surface area contributed by atoms with Crippen molar-refractivity contribution in [3.8, 4) is 11.4 Å². The predicted molar refractivity (Wildman–Crippen MR) is 106 cm³/mol. The van der Waals surface area contributed by atoms with Gasteiger partial charge in [0.05, 0.1) is 17.1 Å². The lowest BCUT2D eigenvalue weighted by Crippen LogP contribution is -2.20. The van der Waals surface area contributed by atoms with Crippen LogP contribution in [0.5, 0.6) is 0 Å². The number of fused-ring (bicyclic) bond motifs is 1.